The van der Waals surface area contributed by atoms with Crippen LogP contribution in [0.2, 0.25) is 0 Å². The maximum atomic E-state index is 13.1. The van der Waals surface area contributed by atoms with Gasteiger partial charge in [-0.05, 0) is 30.2 Å². The fourth-order valence-corrected chi connectivity index (χ4v) is 2.37. The zero-order valence-corrected chi connectivity index (χ0v) is 11.4. The van der Waals surface area contributed by atoms with Gasteiger partial charge >= 0.3 is 0 Å². The van der Waals surface area contributed by atoms with Crippen LogP contribution in [0.25, 0.3) is 10.9 Å². The second kappa shape index (κ2) is 5.79. The summed E-state index contributed by atoms with van der Waals surface area (Å²) >= 11 is 0. The van der Waals surface area contributed by atoms with Crippen molar-refractivity contribution in [1.82, 2.24) is 10.3 Å². The van der Waals surface area contributed by atoms with Crippen LogP contribution in [0.4, 0.5) is 4.39 Å². The third-order valence-electron chi connectivity index (χ3n) is 3.42. The number of H-pyrrole nitrogens is 1. The van der Waals surface area contributed by atoms with E-state index in [-0.39, 0.29) is 11.7 Å². The van der Waals surface area contributed by atoms with Gasteiger partial charge < -0.3 is 10.3 Å². The number of hydrogen-bond donors (Lipinski definition) is 2. The van der Waals surface area contributed by atoms with Crippen LogP contribution in [0.15, 0.2) is 54.7 Å². The van der Waals surface area contributed by atoms with Crippen molar-refractivity contribution in [1.29, 1.82) is 0 Å². The average molecular weight is 282 g/mol. The van der Waals surface area contributed by atoms with Crippen LogP contribution in [0, 0.1) is 5.82 Å². The lowest BCUT2D eigenvalue weighted by Crippen LogP contribution is -2.25. The molecular weight excluding hydrogens is 267 g/mol. The Hall–Kier alpha value is -2.62. The van der Waals surface area contributed by atoms with E-state index < -0.39 is 0 Å². The van der Waals surface area contributed by atoms with E-state index in [0.717, 1.165) is 16.5 Å². The SMILES string of the molecule is O=C(NCCc1cccc(F)c1)c1c[nH]c2ccccc12. The lowest BCUT2D eigenvalue weighted by Gasteiger charge is -2.05. The van der Waals surface area contributed by atoms with Crippen molar-refractivity contribution >= 4 is 16.8 Å². The number of nitrogens with one attached hydrogen (secondary N) is 2. The highest BCUT2D eigenvalue weighted by atomic mass is 19.1. The molecule has 4 heteroatoms. The monoisotopic (exact) mass is 282 g/mol. The van der Waals surface area contributed by atoms with Gasteiger partial charge in [-0.2, -0.15) is 0 Å². The van der Waals surface area contributed by atoms with Gasteiger partial charge in [0.25, 0.3) is 5.91 Å². The highest BCUT2D eigenvalue weighted by molar-refractivity contribution is 6.06. The molecule has 3 nitrogen and oxygen atoms in total. The molecule has 1 heterocycles. The summed E-state index contributed by atoms with van der Waals surface area (Å²) in [5.41, 5.74) is 2.44. The molecule has 21 heavy (non-hydrogen) atoms. The number of rotatable bonds is 4. The fraction of sp³-hybridized carbons (Fsp3) is 0.118. The Morgan fingerprint density at radius 3 is 2.86 bits per heavy atom. The summed E-state index contributed by atoms with van der Waals surface area (Å²) in [7, 11) is 0. The fourth-order valence-electron chi connectivity index (χ4n) is 2.37. The van der Waals surface area contributed by atoms with Gasteiger partial charge in [0.15, 0.2) is 0 Å². The zero-order chi connectivity index (χ0) is 14.7. The van der Waals surface area contributed by atoms with Gasteiger partial charge in [-0.15, -0.1) is 0 Å². The maximum absolute atomic E-state index is 13.1. The number of benzene rings is 2. The molecule has 3 aromatic rings. The van der Waals surface area contributed by atoms with E-state index in [1.807, 2.05) is 30.3 Å². The molecule has 0 bridgehead atoms. The highest BCUT2D eigenvalue weighted by Crippen LogP contribution is 2.17. The number of aromatic nitrogens is 1. The van der Waals surface area contributed by atoms with Gasteiger partial charge in [0, 0.05) is 23.6 Å². The molecule has 1 amide bonds. The number of fused-ring (bicyclic) bond motifs is 1. The summed E-state index contributed by atoms with van der Waals surface area (Å²) in [5, 5.41) is 3.77. The Morgan fingerprint density at radius 2 is 2.00 bits per heavy atom. The van der Waals surface area contributed by atoms with Crippen LogP contribution >= 0.6 is 0 Å². The van der Waals surface area contributed by atoms with Gasteiger partial charge in [-0.1, -0.05) is 30.3 Å². The minimum Gasteiger partial charge on any atom is -0.360 e. The molecule has 0 saturated carbocycles. The summed E-state index contributed by atoms with van der Waals surface area (Å²) in [4.78, 5) is 15.2. The van der Waals surface area contributed by atoms with E-state index in [4.69, 9.17) is 0 Å². The van der Waals surface area contributed by atoms with Crippen LogP contribution in [0.3, 0.4) is 0 Å². The van der Waals surface area contributed by atoms with E-state index in [0.29, 0.717) is 18.5 Å². The van der Waals surface area contributed by atoms with Crippen molar-refractivity contribution in [2.45, 2.75) is 6.42 Å². The lowest BCUT2D eigenvalue weighted by atomic mass is 10.1. The van der Waals surface area contributed by atoms with Gasteiger partial charge in [-0.25, -0.2) is 4.39 Å². The normalized spacial score (nSPS) is 10.7. The van der Waals surface area contributed by atoms with E-state index >= 15 is 0 Å². The largest absolute Gasteiger partial charge is 0.360 e. The summed E-state index contributed by atoms with van der Waals surface area (Å²) < 4.78 is 13.1. The first kappa shape index (κ1) is 13.4. The molecule has 106 valence electrons. The third-order valence-corrected chi connectivity index (χ3v) is 3.42. The molecule has 0 spiro atoms. The topological polar surface area (TPSA) is 44.9 Å². The Labute approximate surface area is 121 Å². The lowest BCUT2D eigenvalue weighted by molar-refractivity contribution is 0.0956. The molecule has 0 radical (unpaired) electrons. The highest BCUT2D eigenvalue weighted by Gasteiger charge is 2.10. The summed E-state index contributed by atoms with van der Waals surface area (Å²) in [6.07, 6.45) is 2.31. The molecule has 0 unspecified atom stereocenters. The van der Waals surface area contributed by atoms with Crippen LogP contribution in [-0.4, -0.2) is 17.4 Å². The minimum absolute atomic E-state index is 0.121. The van der Waals surface area contributed by atoms with Crippen molar-refractivity contribution in [2.75, 3.05) is 6.54 Å². The van der Waals surface area contributed by atoms with Crippen molar-refractivity contribution in [3.63, 3.8) is 0 Å². The van der Waals surface area contributed by atoms with Gasteiger partial charge in [0.2, 0.25) is 0 Å². The molecule has 1 aromatic heterocycles. The number of carbonyl (C=O) groups is 1. The molecule has 0 aliphatic heterocycles. The number of hydrogen-bond acceptors (Lipinski definition) is 1. The zero-order valence-electron chi connectivity index (χ0n) is 11.4. The predicted octanol–water partition coefficient (Wildman–Crippen LogP) is 3.28. The first-order valence-electron chi connectivity index (χ1n) is 6.83. The van der Waals surface area contributed by atoms with Crippen molar-refractivity contribution in [3.05, 3.63) is 71.7 Å². The third kappa shape index (κ3) is 2.94. The molecule has 0 aliphatic carbocycles. The standard InChI is InChI=1S/C17H15FN2O/c18-13-5-3-4-12(10-13)8-9-19-17(21)15-11-20-16-7-2-1-6-14(15)16/h1-7,10-11,20H,8-9H2,(H,19,21). The first-order valence-corrected chi connectivity index (χ1v) is 6.83. The predicted molar refractivity (Wildman–Crippen MR) is 80.7 cm³/mol. The van der Waals surface area contributed by atoms with Crippen LogP contribution in [0.1, 0.15) is 15.9 Å². The van der Waals surface area contributed by atoms with Gasteiger partial charge in [0.1, 0.15) is 5.82 Å². The van der Waals surface area contributed by atoms with E-state index in [1.54, 1.807) is 12.3 Å². The summed E-state index contributed by atoms with van der Waals surface area (Å²) in [6.45, 7) is 0.474. The van der Waals surface area contributed by atoms with Crippen LogP contribution in [0.5, 0.6) is 0 Å². The number of aromatic amines is 1. The molecular formula is C17H15FN2O. The molecule has 3 rings (SSSR count). The van der Waals surface area contributed by atoms with E-state index in [9.17, 15) is 9.18 Å². The van der Waals surface area contributed by atoms with Crippen molar-refractivity contribution in [3.8, 4) is 0 Å². The van der Waals surface area contributed by atoms with Crippen LogP contribution < -0.4 is 5.32 Å². The number of halogens is 1. The van der Waals surface area contributed by atoms with E-state index in [2.05, 4.69) is 10.3 Å². The van der Waals surface area contributed by atoms with Crippen molar-refractivity contribution in [2.24, 2.45) is 0 Å². The Kier molecular flexibility index (Phi) is 3.69. The Balaban J connectivity index is 1.64. The molecule has 2 aromatic carbocycles. The number of para-hydroxylation sites is 1. The molecule has 0 saturated heterocycles. The smallest absolute Gasteiger partial charge is 0.253 e. The first-order chi connectivity index (χ1) is 10.2. The number of amides is 1. The van der Waals surface area contributed by atoms with Gasteiger partial charge in [-0.3, -0.25) is 4.79 Å². The van der Waals surface area contributed by atoms with Gasteiger partial charge in [0.05, 0.1) is 5.56 Å². The Morgan fingerprint density at radius 1 is 1.14 bits per heavy atom. The Bertz CT molecular complexity index is 779. The molecule has 0 atom stereocenters. The average Bonchev–Trinajstić information content (AvgIpc) is 2.91. The number of carbonyl (C=O) groups excluding carboxylic acids is 1. The second-order valence-electron chi connectivity index (χ2n) is 4.88. The molecule has 2 N–H and O–H groups in total. The maximum Gasteiger partial charge on any atom is 0.253 e. The van der Waals surface area contributed by atoms with Crippen LogP contribution in [-0.2, 0) is 6.42 Å². The molecule has 0 fully saturated rings. The summed E-state index contributed by atoms with van der Waals surface area (Å²) in [5.74, 6) is -0.376. The van der Waals surface area contributed by atoms with E-state index in [1.165, 1.54) is 12.1 Å². The quantitative estimate of drug-likeness (QED) is 0.758. The molecule has 0 aliphatic rings. The van der Waals surface area contributed by atoms with Crippen molar-refractivity contribution < 1.29 is 9.18 Å². The minimum atomic E-state index is -0.254. The summed E-state index contributed by atoms with van der Waals surface area (Å²) in [6, 6.07) is 14.1. The second-order valence-corrected chi connectivity index (χ2v) is 4.88.